The molecule has 0 radical (unpaired) electrons. The van der Waals surface area contributed by atoms with Crippen LogP contribution >= 0.6 is 0 Å². The van der Waals surface area contributed by atoms with Gasteiger partial charge in [0.05, 0.1) is 16.6 Å². The zero-order valence-electron chi connectivity index (χ0n) is 14.4. The zero-order valence-corrected chi connectivity index (χ0v) is 14.4. The van der Waals surface area contributed by atoms with Gasteiger partial charge in [0.2, 0.25) is 0 Å². The number of anilines is 1. The highest BCUT2D eigenvalue weighted by molar-refractivity contribution is 5.83. The van der Waals surface area contributed by atoms with E-state index in [0.717, 1.165) is 41.3 Å². The molecule has 1 aliphatic rings. The minimum absolute atomic E-state index is 0.0638. The van der Waals surface area contributed by atoms with Gasteiger partial charge in [-0.05, 0) is 37.1 Å². The standard InChI is InChI=1S/C21H20N4O/c22-13-16-11-19-18(14-23-16)20(26)12-21(24-15-7-3-1-4-8-15)25(19)17-9-5-2-6-10-17/h2-3,5-12,14,24H,1,4,13,22H2. The molecule has 3 aromatic rings. The summed E-state index contributed by atoms with van der Waals surface area (Å²) in [5.74, 6) is 0.723. The van der Waals surface area contributed by atoms with Crippen molar-refractivity contribution >= 4 is 16.7 Å². The normalized spacial score (nSPS) is 13.7. The quantitative estimate of drug-likeness (QED) is 0.760. The maximum atomic E-state index is 12.7. The Hall–Kier alpha value is -3.18. The number of allylic oxidation sites excluding steroid dienone is 3. The minimum Gasteiger partial charge on any atom is -0.342 e. The number of nitrogens with zero attached hydrogens (tertiary/aromatic N) is 2. The molecule has 1 aromatic carbocycles. The van der Waals surface area contributed by atoms with Gasteiger partial charge >= 0.3 is 0 Å². The first kappa shape index (κ1) is 16.3. The van der Waals surface area contributed by atoms with Crippen LogP contribution in [0.2, 0.25) is 0 Å². The maximum Gasteiger partial charge on any atom is 0.193 e. The lowest BCUT2D eigenvalue weighted by Gasteiger charge is -2.19. The molecule has 3 N–H and O–H groups in total. The van der Waals surface area contributed by atoms with Gasteiger partial charge in [-0.2, -0.15) is 0 Å². The highest BCUT2D eigenvalue weighted by atomic mass is 16.1. The second-order valence-electron chi connectivity index (χ2n) is 6.23. The summed E-state index contributed by atoms with van der Waals surface area (Å²) < 4.78 is 2.04. The molecule has 0 saturated carbocycles. The molecule has 5 heteroatoms. The minimum atomic E-state index is -0.0638. The molecule has 1 aliphatic carbocycles. The molecule has 0 bridgehead atoms. The van der Waals surface area contributed by atoms with Crippen molar-refractivity contribution in [1.29, 1.82) is 0 Å². The number of para-hydroxylation sites is 1. The van der Waals surface area contributed by atoms with Crippen LogP contribution in [0.25, 0.3) is 16.6 Å². The van der Waals surface area contributed by atoms with Crippen LogP contribution in [0.1, 0.15) is 18.5 Å². The Balaban J connectivity index is 1.99. The van der Waals surface area contributed by atoms with Crippen molar-refractivity contribution in [2.75, 3.05) is 5.32 Å². The van der Waals surface area contributed by atoms with Crippen LogP contribution in [-0.2, 0) is 6.54 Å². The lowest BCUT2D eigenvalue weighted by molar-refractivity contribution is 0.985. The van der Waals surface area contributed by atoms with Crippen LogP contribution in [0.5, 0.6) is 0 Å². The monoisotopic (exact) mass is 344 g/mol. The smallest absolute Gasteiger partial charge is 0.193 e. The first-order chi connectivity index (χ1) is 12.8. The second-order valence-corrected chi connectivity index (χ2v) is 6.23. The third kappa shape index (κ3) is 3.05. The van der Waals surface area contributed by atoms with Crippen LogP contribution in [-0.4, -0.2) is 9.55 Å². The fourth-order valence-electron chi connectivity index (χ4n) is 3.17. The number of aromatic nitrogens is 2. The van der Waals surface area contributed by atoms with Gasteiger partial charge in [0.15, 0.2) is 5.43 Å². The second kappa shape index (κ2) is 6.98. The molecule has 0 unspecified atom stereocenters. The Labute approximate surface area is 151 Å². The number of rotatable bonds is 4. The third-order valence-corrected chi connectivity index (χ3v) is 4.44. The molecule has 2 heterocycles. The summed E-state index contributed by atoms with van der Waals surface area (Å²) in [6.07, 6.45) is 9.96. The summed E-state index contributed by atoms with van der Waals surface area (Å²) in [5.41, 5.74) is 9.21. The van der Waals surface area contributed by atoms with Gasteiger partial charge in [-0.25, -0.2) is 0 Å². The van der Waals surface area contributed by atoms with Crippen molar-refractivity contribution in [1.82, 2.24) is 9.55 Å². The first-order valence-electron chi connectivity index (χ1n) is 8.70. The molecule has 0 amide bonds. The molecule has 4 rings (SSSR count). The molecule has 0 spiro atoms. The number of pyridine rings is 2. The van der Waals surface area contributed by atoms with Crippen molar-refractivity contribution in [2.24, 2.45) is 5.73 Å². The van der Waals surface area contributed by atoms with E-state index in [2.05, 4.69) is 22.5 Å². The molecule has 130 valence electrons. The van der Waals surface area contributed by atoms with Gasteiger partial charge < -0.3 is 11.1 Å². The fourth-order valence-corrected chi connectivity index (χ4v) is 3.17. The van der Waals surface area contributed by atoms with E-state index in [-0.39, 0.29) is 5.43 Å². The Morgan fingerprint density at radius 2 is 2.00 bits per heavy atom. The molecular formula is C21H20N4O. The maximum absolute atomic E-state index is 12.7. The van der Waals surface area contributed by atoms with Crippen LogP contribution in [0.3, 0.4) is 0 Å². The van der Waals surface area contributed by atoms with E-state index >= 15 is 0 Å². The zero-order chi connectivity index (χ0) is 17.9. The number of hydrogen-bond acceptors (Lipinski definition) is 4. The number of nitrogens with two attached hydrogens (primary N) is 1. The van der Waals surface area contributed by atoms with E-state index in [1.165, 1.54) is 0 Å². The number of fused-ring (bicyclic) bond motifs is 1. The molecule has 0 aliphatic heterocycles. The third-order valence-electron chi connectivity index (χ3n) is 4.44. The first-order valence-corrected chi connectivity index (χ1v) is 8.70. The summed E-state index contributed by atoms with van der Waals surface area (Å²) in [5, 5.41) is 3.98. The molecule has 2 aromatic heterocycles. The Bertz CT molecular complexity index is 1060. The molecule has 0 fully saturated rings. The topological polar surface area (TPSA) is 72.9 Å². The molecule has 5 nitrogen and oxygen atoms in total. The molecule has 0 saturated heterocycles. The molecule has 0 atom stereocenters. The van der Waals surface area contributed by atoms with E-state index in [0.29, 0.717) is 11.9 Å². The predicted octanol–water partition coefficient (Wildman–Crippen LogP) is 3.49. The van der Waals surface area contributed by atoms with E-state index in [9.17, 15) is 4.79 Å². The van der Waals surface area contributed by atoms with E-state index in [1.807, 2.05) is 47.0 Å². The van der Waals surface area contributed by atoms with Gasteiger partial charge in [-0.3, -0.25) is 14.3 Å². The van der Waals surface area contributed by atoms with Crippen molar-refractivity contribution in [3.63, 3.8) is 0 Å². The summed E-state index contributed by atoms with van der Waals surface area (Å²) >= 11 is 0. The predicted molar refractivity (Wildman–Crippen MR) is 105 cm³/mol. The highest BCUT2D eigenvalue weighted by Crippen LogP contribution is 2.24. The van der Waals surface area contributed by atoms with Gasteiger partial charge in [0.1, 0.15) is 5.82 Å². The Kier molecular flexibility index (Phi) is 4.37. The van der Waals surface area contributed by atoms with Crippen molar-refractivity contribution in [2.45, 2.75) is 19.4 Å². The van der Waals surface area contributed by atoms with Gasteiger partial charge in [0.25, 0.3) is 0 Å². The van der Waals surface area contributed by atoms with E-state index < -0.39 is 0 Å². The number of nitrogens with one attached hydrogen (secondary N) is 1. The van der Waals surface area contributed by atoms with Crippen molar-refractivity contribution in [3.05, 3.63) is 88.5 Å². The highest BCUT2D eigenvalue weighted by Gasteiger charge is 2.13. The van der Waals surface area contributed by atoms with Gasteiger partial charge in [-0.15, -0.1) is 0 Å². The fraction of sp³-hybridized carbons (Fsp3) is 0.143. The van der Waals surface area contributed by atoms with Crippen LogP contribution in [0, 0.1) is 0 Å². The van der Waals surface area contributed by atoms with E-state index in [4.69, 9.17) is 5.73 Å². The van der Waals surface area contributed by atoms with Gasteiger partial charge in [-0.1, -0.05) is 30.4 Å². The lowest BCUT2D eigenvalue weighted by atomic mass is 10.1. The van der Waals surface area contributed by atoms with Gasteiger partial charge in [0, 0.05) is 30.2 Å². The average Bonchev–Trinajstić information content (AvgIpc) is 2.69. The van der Waals surface area contributed by atoms with Crippen LogP contribution < -0.4 is 16.5 Å². The largest absolute Gasteiger partial charge is 0.342 e. The number of hydrogen-bond donors (Lipinski definition) is 2. The van der Waals surface area contributed by atoms with Crippen molar-refractivity contribution < 1.29 is 0 Å². The summed E-state index contributed by atoms with van der Waals surface area (Å²) in [7, 11) is 0. The Morgan fingerprint density at radius 1 is 1.15 bits per heavy atom. The number of benzene rings is 1. The SMILES string of the molecule is NCc1cc2c(cn1)c(=O)cc(NC1=CCCC=C1)n2-c1ccccc1. The van der Waals surface area contributed by atoms with Crippen LogP contribution in [0.4, 0.5) is 5.82 Å². The van der Waals surface area contributed by atoms with Crippen LogP contribution in [0.15, 0.2) is 77.4 Å². The average molecular weight is 344 g/mol. The summed E-state index contributed by atoms with van der Waals surface area (Å²) in [6.45, 7) is 0.324. The van der Waals surface area contributed by atoms with E-state index in [1.54, 1.807) is 12.3 Å². The summed E-state index contributed by atoms with van der Waals surface area (Å²) in [4.78, 5) is 16.9. The van der Waals surface area contributed by atoms with Crippen molar-refractivity contribution in [3.8, 4) is 5.69 Å². The molecule has 26 heavy (non-hydrogen) atoms. The Morgan fingerprint density at radius 3 is 2.73 bits per heavy atom. The molecular weight excluding hydrogens is 324 g/mol. The lowest BCUT2D eigenvalue weighted by Crippen LogP contribution is -2.15. The summed E-state index contributed by atoms with van der Waals surface area (Å²) in [6, 6.07) is 13.5.